The summed E-state index contributed by atoms with van der Waals surface area (Å²) in [5.74, 6) is -1.60. The number of benzene rings is 2. The van der Waals surface area contributed by atoms with Gasteiger partial charge in [0, 0.05) is 16.4 Å². The van der Waals surface area contributed by atoms with Crippen LogP contribution in [0.15, 0.2) is 42.5 Å². The highest BCUT2D eigenvalue weighted by molar-refractivity contribution is 6.30. The fourth-order valence-electron chi connectivity index (χ4n) is 1.62. The van der Waals surface area contributed by atoms with Gasteiger partial charge in [-0.25, -0.2) is 4.79 Å². The van der Waals surface area contributed by atoms with E-state index in [1.807, 2.05) is 0 Å². The highest BCUT2D eigenvalue weighted by Crippen LogP contribution is 2.18. The Bertz CT molecular complexity index is 669. The molecule has 0 aliphatic heterocycles. The first-order valence-electron chi connectivity index (χ1n) is 5.67. The first kappa shape index (κ1) is 13.9. The zero-order valence-electron chi connectivity index (χ0n) is 10.3. The number of hydrogen-bond donors (Lipinski definition) is 3. The molecular weight excluding hydrogens is 280 g/mol. The Morgan fingerprint density at radius 2 is 1.75 bits per heavy atom. The largest absolute Gasteiger partial charge is 0.478 e. The fraction of sp³-hybridized carbons (Fsp3) is 0. The summed E-state index contributed by atoms with van der Waals surface area (Å²) in [5, 5.41) is 12.1. The molecule has 0 bridgehead atoms. The van der Waals surface area contributed by atoms with Gasteiger partial charge in [-0.2, -0.15) is 0 Å². The number of amides is 1. The molecule has 0 aromatic heterocycles. The number of anilines is 2. The summed E-state index contributed by atoms with van der Waals surface area (Å²) in [7, 11) is 0. The molecule has 1 amide bonds. The second-order valence-corrected chi connectivity index (χ2v) is 4.50. The monoisotopic (exact) mass is 290 g/mol. The summed E-state index contributed by atoms with van der Waals surface area (Å²) in [6.45, 7) is 0. The van der Waals surface area contributed by atoms with E-state index in [9.17, 15) is 9.59 Å². The Morgan fingerprint density at radius 3 is 2.35 bits per heavy atom. The molecule has 4 N–H and O–H groups in total. The molecule has 2 aromatic rings. The maximum atomic E-state index is 12.1. The van der Waals surface area contributed by atoms with Gasteiger partial charge in [0.2, 0.25) is 0 Å². The van der Waals surface area contributed by atoms with Crippen LogP contribution >= 0.6 is 11.6 Å². The molecule has 0 saturated carbocycles. The van der Waals surface area contributed by atoms with Gasteiger partial charge in [-0.15, -0.1) is 0 Å². The molecule has 2 rings (SSSR count). The summed E-state index contributed by atoms with van der Waals surface area (Å²) in [6, 6.07) is 10.5. The predicted molar refractivity (Wildman–Crippen MR) is 77.2 cm³/mol. The normalized spacial score (nSPS) is 10.1. The molecule has 20 heavy (non-hydrogen) atoms. The van der Waals surface area contributed by atoms with E-state index in [2.05, 4.69) is 5.32 Å². The van der Waals surface area contributed by atoms with E-state index in [0.29, 0.717) is 10.7 Å². The number of carboxylic acid groups (broad SMARTS) is 1. The summed E-state index contributed by atoms with van der Waals surface area (Å²) in [5.41, 5.74) is 6.56. The van der Waals surface area contributed by atoms with Gasteiger partial charge in [0.1, 0.15) is 0 Å². The number of aromatic carboxylic acids is 1. The van der Waals surface area contributed by atoms with Crippen LogP contribution in [0.3, 0.4) is 0 Å². The first-order chi connectivity index (χ1) is 9.47. The van der Waals surface area contributed by atoms with Gasteiger partial charge in [0.25, 0.3) is 5.91 Å². The number of nitrogen functional groups attached to an aromatic ring is 1. The van der Waals surface area contributed by atoms with Crippen LogP contribution in [-0.4, -0.2) is 17.0 Å². The Kier molecular flexibility index (Phi) is 3.91. The summed E-state index contributed by atoms with van der Waals surface area (Å²) in [6.07, 6.45) is 0. The van der Waals surface area contributed by atoms with Crippen LogP contribution in [-0.2, 0) is 0 Å². The van der Waals surface area contributed by atoms with Gasteiger partial charge in [-0.05, 0) is 42.5 Å². The van der Waals surface area contributed by atoms with E-state index in [1.165, 1.54) is 18.2 Å². The van der Waals surface area contributed by atoms with E-state index in [1.54, 1.807) is 24.3 Å². The van der Waals surface area contributed by atoms with Crippen LogP contribution in [0.5, 0.6) is 0 Å². The van der Waals surface area contributed by atoms with Gasteiger partial charge in [0.15, 0.2) is 0 Å². The number of carboxylic acids is 1. The molecule has 5 nitrogen and oxygen atoms in total. The first-order valence-corrected chi connectivity index (χ1v) is 6.05. The lowest BCUT2D eigenvalue weighted by Gasteiger charge is -2.08. The number of carbonyl (C=O) groups excluding carboxylic acids is 1. The number of nitrogens with two attached hydrogens (primary N) is 1. The van der Waals surface area contributed by atoms with Gasteiger partial charge in [-0.1, -0.05) is 11.6 Å². The van der Waals surface area contributed by atoms with Crippen molar-refractivity contribution >= 4 is 34.9 Å². The molecule has 0 spiro atoms. The molecule has 2 aromatic carbocycles. The van der Waals surface area contributed by atoms with Gasteiger partial charge < -0.3 is 16.2 Å². The molecule has 0 atom stereocenters. The lowest BCUT2D eigenvalue weighted by Crippen LogP contribution is -2.15. The van der Waals surface area contributed by atoms with Crippen molar-refractivity contribution in [2.75, 3.05) is 11.1 Å². The Morgan fingerprint density at radius 1 is 1.10 bits per heavy atom. The average molecular weight is 291 g/mol. The smallest absolute Gasteiger partial charge is 0.335 e. The highest BCUT2D eigenvalue weighted by Gasteiger charge is 2.13. The van der Waals surface area contributed by atoms with Crippen LogP contribution in [0.2, 0.25) is 5.02 Å². The molecule has 0 unspecified atom stereocenters. The number of halogens is 1. The van der Waals surface area contributed by atoms with Crippen molar-refractivity contribution < 1.29 is 14.7 Å². The average Bonchev–Trinajstić information content (AvgIpc) is 2.41. The van der Waals surface area contributed by atoms with Crippen molar-refractivity contribution in [1.29, 1.82) is 0 Å². The lowest BCUT2D eigenvalue weighted by molar-refractivity contribution is 0.0697. The minimum atomic E-state index is -1.12. The van der Waals surface area contributed by atoms with Crippen molar-refractivity contribution in [3.05, 3.63) is 58.6 Å². The van der Waals surface area contributed by atoms with Gasteiger partial charge >= 0.3 is 5.97 Å². The molecular formula is C14H11ClN2O3. The number of nitrogens with one attached hydrogen (secondary N) is 1. The minimum absolute atomic E-state index is 0.000422. The topological polar surface area (TPSA) is 92.4 Å². The molecule has 0 saturated heterocycles. The van der Waals surface area contributed by atoms with Crippen molar-refractivity contribution in [1.82, 2.24) is 0 Å². The second-order valence-electron chi connectivity index (χ2n) is 4.07. The predicted octanol–water partition coefficient (Wildman–Crippen LogP) is 2.87. The minimum Gasteiger partial charge on any atom is -0.478 e. The standard InChI is InChI=1S/C14H11ClN2O3/c15-9-2-4-10(5-3-9)17-13(18)11-7-8(14(19)20)1-6-12(11)16/h1-7H,16H2,(H,17,18)(H,19,20). The molecule has 102 valence electrons. The summed E-state index contributed by atoms with van der Waals surface area (Å²) in [4.78, 5) is 23.0. The number of carbonyl (C=O) groups is 2. The van der Waals surface area contributed by atoms with Crippen LogP contribution in [0.25, 0.3) is 0 Å². The zero-order valence-corrected chi connectivity index (χ0v) is 11.0. The SMILES string of the molecule is Nc1ccc(C(=O)O)cc1C(=O)Nc1ccc(Cl)cc1. The second kappa shape index (κ2) is 5.63. The van der Waals surface area contributed by atoms with E-state index in [0.717, 1.165) is 0 Å². The van der Waals surface area contributed by atoms with Crippen LogP contribution in [0, 0.1) is 0 Å². The molecule has 0 radical (unpaired) electrons. The van der Waals surface area contributed by atoms with Gasteiger partial charge in [-0.3, -0.25) is 4.79 Å². The Hall–Kier alpha value is -2.53. The van der Waals surface area contributed by atoms with E-state index >= 15 is 0 Å². The summed E-state index contributed by atoms with van der Waals surface area (Å²) < 4.78 is 0. The zero-order chi connectivity index (χ0) is 14.7. The van der Waals surface area contributed by atoms with Crippen LogP contribution < -0.4 is 11.1 Å². The molecule has 6 heteroatoms. The van der Waals surface area contributed by atoms with Crippen molar-refractivity contribution in [2.45, 2.75) is 0 Å². The van der Waals surface area contributed by atoms with Crippen molar-refractivity contribution in [3.8, 4) is 0 Å². The third kappa shape index (κ3) is 3.07. The Labute approximate surface area is 120 Å². The molecule has 0 fully saturated rings. The fourth-order valence-corrected chi connectivity index (χ4v) is 1.74. The number of rotatable bonds is 3. The molecule has 0 heterocycles. The molecule has 0 aliphatic rings. The third-order valence-electron chi connectivity index (χ3n) is 2.65. The number of hydrogen-bond acceptors (Lipinski definition) is 3. The maximum absolute atomic E-state index is 12.1. The quantitative estimate of drug-likeness (QED) is 0.758. The van der Waals surface area contributed by atoms with Crippen molar-refractivity contribution in [3.63, 3.8) is 0 Å². The lowest BCUT2D eigenvalue weighted by atomic mass is 10.1. The van der Waals surface area contributed by atoms with Crippen LogP contribution in [0.4, 0.5) is 11.4 Å². The van der Waals surface area contributed by atoms with E-state index < -0.39 is 11.9 Å². The third-order valence-corrected chi connectivity index (χ3v) is 2.90. The van der Waals surface area contributed by atoms with Crippen molar-refractivity contribution in [2.24, 2.45) is 0 Å². The van der Waals surface area contributed by atoms with Gasteiger partial charge in [0.05, 0.1) is 11.1 Å². The maximum Gasteiger partial charge on any atom is 0.335 e. The highest BCUT2D eigenvalue weighted by atomic mass is 35.5. The van der Waals surface area contributed by atoms with E-state index in [-0.39, 0.29) is 16.8 Å². The van der Waals surface area contributed by atoms with E-state index in [4.69, 9.17) is 22.4 Å². The Balaban J connectivity index is 2.26. The molecule has 0 aliphatic carbocycles. The van der Waals surface area contributed by atoms with Crippen LogP contribution in [0.1, 0.15) is 20.7 Å². The summed E-state index contributed by atoms with van der Waals surface area (Å²) >= 11 is 5.75.